The van der Waals surface area contributed by atoms with Crippen molar-refractivity contribution in [3.8, 4) is 10.6 Å². The molecule has 0 amide bonds. The topological polar surface area (TPSA) is 47.0 Å². The summed E-state index contributed by atoms with van der Waals surface area (Å²) < 4.78 is 18.7. The van der Waals surface area contributed by atoms with Gasteiger partial charge in [0, 0.05) is 32.2 Å². The van der Waals surface area contributed by atoms with Crippen molar-refractivity contribution in [3.05, 3.63) is 34.6 Å². The minimum absolute atomic E-state index is 0.253. The van der Waals surface area contributed by atoms with Crippen molar-refractivity contribution >= 4 is 11.3 Å². The van der Waals surface area contributed by atoms with Gasteiger partial charge in [-0.05, 0) is 19.1 Å². The second kappa shape index (κ2) is 7.42. The fourth-order valence-electron chi connectivity index (χ4n) is 1.76. The van der Waals surface area contributed by atoms with Crippen molar-refractivity contribution in [1.82, 2.24) is 15.5 Å². The Bertz CT molecular complexity index is 559. The number of hydrogen-bond donors (Lipinski definition) is 1. The summed E-state index contributed by atoms with van der Waals surface area (Å²) in [5.74, 6) is -0.253. The molecule has 2 aromatic rings. The molecule has 1 heterocycles. The first-order chi connectivity index (χ1) is 9.70. The second-order valence-corrected chi connectivity index (χ2v) is 5.54. The number of methoxy groups -OCH3 is 1. The Morgan fingerprint density at radius 3 is 2.95 bits per heavy atom. The van der Waals surface area contributed by atoms with Gasteiger partial charge < -0.3 is 10.1 Å². The molecule has 1 aromatic heterocycles. The summed E-state index contributed by atoms with van der Waals surface area (Å²) >= 11 is 1.44. The number of ether oxygens (including phenoxy) is 1. The Morgan fingerprint density at radius 1 is 1.30 bits per heavy atom. The summed E-state index contributed by atoms with van der Waals surface area (Å²) in [6.07, 6.45) is 0.787. The minimum atomic E-state index is -0.253. The average molecular weight is 295 g/mol. The van der Waals surface area contributed by atoms with Crippen molar-refractivity contribution in [3.63, 3.8) is 0 Å². The zero-order chi connectivity index (χ0) is 14.4. The van der Waals surface area contributed by atoms with Gasteiger partial charge in [-0.3, -0.25) is 0 Å². The molecule has 0 radical (unpaired) electrons. The molecule has 0 atom stereocenters. The SMILES string of the molecule is COCCNCCc1nnc(-c2cc(C)ccc2F)s1. The first-order valence-corrected chi connectivity index (χ1v) is 7.31. The highest BCUT2D eigenvalue weighted by molar-refractivity contribution is 7.14. The lowest BCUT2D eigenvalue weighted by Gasteiger charge is -2.01. The molecule has 108 valence electrons. The van der Waals surface area contributed by atoms with E-state index in [0.717, 1.165) is 30.1 Å². The number of rotatable bonds is 7. The monoisotopic (exact) mass is 295 g/mol. The Balaban J connectivity index is 1.96. The molecule has 0 unspecified atom stereocenters. The lowest BCUT2D eigenvalue weighted by atomic mass is 10.1. The van der Waals surface area contributed by atoms with Gasteiger partial charge in [-0.2, -0.15) is 0 Å². The molecule has 0 bridgehead atoms. The molecule has 0 fully saturated rings. The molecule has 0 aliphatic heterocycles. The molecule has 1 N–H and O–H groups in total. The van der Waals surface area contributed by atoms with E-state index in [-0.39, 0.29) is 5.82 Å². The minimum Gasteiger partial charge on any atom is -0.383 e. The molecule has 0 aliphatic carbocycles. The van der Waals surface area contributed by atoms with Crippen LogP contribution in [-0.4, -0.2) is 37.0 Å². The van der Waals surface area contributed by atoms with E-state index in [0.29, 0.717) is 17.2 Å². The molecular formula is C14H18FN3OS. The van der Waals surface area contributed by atoms with Crippen LogP contribution in [0.5, 0.6) is 0 Å². The Morgan fingerprint density at radius 2 is 2.15 bits per heavy atom. The predicted molar refractivity (Wildman–Crippen MR) is 78.5 cm³/mol. The Kier molecular flexibility index (Phi) is 5.58. The van der Waals surface area contributed by atoms with Gasteiger partial charge in [-0.1, -0.05) is 23.0 Å². The highest BCUT2D eigenvalue weighted by atomic mass is 32.1. The smallest absolute Gasteiger partial charge is 0.150 e. The normalized spacial score (nSPS) is 10.9. The van der Waals surface area contributed by atoms with Crippen molar-refractivity contribution in [2.75, 3.05) is 26.8 Å². The van der Waals surface area contributed by atoms with Crippen molar-refractivity contribution in [1.29, 1.82) is 0 Å². The van der Waals surface area contributed by atoms with E-state index in [1.54, 1.807) is 19.2 Å². The summed E-state index contributed by atoms with van der Waals surface area (Å²) in [7, 11) is 1.68. The first kappa shape index (κ1) is 15.0. The van der Waals surface area contributed by atoms with Crippen LogP contribution in [0.2, 0.25) is 0 Å². The van der Waals surface area contributed by atoms with Crippen LogP contribution in [0.3, 0.4) is 0 Å². The van der Waals surface area contributed by atoms with Crippen LogP contribution in [0.15, 0.2) is 18.2 Å². The van der Waals surface area contributed by atoms with E-state index in [2.05, 4.69) is 15.5 Å². The van der Waals surface area contributed by atoms with Gasteiger partial charge >= 0.3 is 0 Å². The van der Waals surface area contributed by atoms with Crippen LogP contribution in [0.4, 0.5) is 4.39 Å². The maximum absolute atomic E-state index is 13.8. The Hall–Kier alpha value is -1.37. The van der Waals surface area contributed by atoms with E-state index in [4.69, 9.17) is 4.74 Å². The van der Waals surface area contributed by atoms with Gasteiger partial charge in [-0.25, -0.2) is 4.39 Å². The molecule has 4 nitrogen and oxygen atoms in total. The average Bonchev–Trinajstić information content (AvgIpc) is 2.90. The van der Waals surface area contributed by atoms with Crippen LogP contribution in [0.25, 0.3) is 10.6 Å². The number of halogens is 1. The van der Waals surface area contributed by atoms with Gasteiger partial charge in [-0.15, -0.1) is 10.2 Å². The molecule has 20 heavy (non-hydrogen) atoms. The zero-order valence-corrected chi connectivity index (χ0v) is 12.5. The maximum atomic E-state index is 13.8. The zero-order valence-electron chi connectivity index (χ0n) is 11.6. The number of nitrogens with zero attached hydrogens (tertiary/aromatic N) is 2. The van der Waals surface area contributed by atoms with Crippen LogP contribution in [0.1, 0.15) is 10.6 Å². The van der Waals surface area contributed by atoms with E-state index < -0.39 is 0 Å². The van der Waals surface area contributed by atoms with Crippen LogP contribution < -0.4 is 5.32 Å². The largest absolute Gasteiger partial charge is 0.383 e. The van der Waals surface area contributed by atoms with E-state index in [1.807, 2.05) is 6.92 Å². The van der Waals surface area contributed by atoms with Gasteiger partial charge in [0.1, 0.15) is 10.8 Å². The van der Waals surface area contributed by atoms with Gasteiger partial charge in [0.25, 0.3) is 0 Å². The van der Waals surface area contributed by atoms with Gasteiger partial charge in [0.15, 0.2) is 5.01 Å². The number of benzene rings is 1. The van der Waals surface area contributed by atoms with Gasteiger partial charge in [0.2, 0.25) is 0 Å². The number of hydrogen-bond acceptors (Lipinski definition) is 5. The fraction of sp³-hybridized carbons (Fsp3) is 0.429. The van der Waals surface area contributed by atoms with E-state index in [9.17, 15) is 4.39 Å². The number of aromatic nitrogens is 2. The molecule has 0 saturated heterocycles. The fourth-order valence-corrected chi connectivity index (χ4v) is 2.62. The maximum Gasteiger partial charge on any atom is 0.150 e. The van der Waals surface area contributed by atoms with Crippen molar-refractivity contribution < 1.29 is 9.13 Å². The summed E-state index contributed by atoms with van der Waals surface area (Å²) in [6.45, 7) is 4.25. The Labute approximate surface area is 122 Å². The quantitative estimate of drug-likeness (QED) is 0.797. The third-order valence-corrected chi connectivity index (χ3v) is 3.83. The van der Waals surface area contributed by atoms with Crippen LogP contribution in [0, 0.1) is 12.7 Å². The van der Waals surface area contributed by atoms with Crippen LogP contribution in [-0.2, 0) is 11.2 Å². The molecule has 6 heteroatoms. The number of aryl methyl sites for hydroxylation is 1. The van der Waals surface area contributed by atoms with E-state index in [1.165, 1.54) is 17.4 Å². The highest BCUT2D eigenvalue weighted by Crippen LogP contribution is 2.27. The third kappa shape index (κ3) is 4.06. The van der Waals surface area contributed by atoms with Crippen molar-refractivity contribution in [2.24, 2.45) is 0 Å². The summed E-state index contributed by atoms with van der Waals surface area (Å²) in [6, 6.07) is 5.02. The molecule has 0 spiro atoms. The molecule has 0 aliphatic rings. The second-order valence-electron chi connectivity index (χ2n) is 4.48. The third-order valence-electron chi connectivity index (χ3n) is 2.82. The molecule has 0 saturated carbocycles. The highest BCUT2D eigenvalue weighted by Gasteiger charge is 2.11. The predicted octanol–water partition coefficient (Wildman–Crippen LogP) is 2.43. The summed E-state index contributed by atoms with van der Waals surface area (Å²) in [5.41, 5.74) is 1.54. The van der Waals surface area contributed by atoms with E-state index >= 15 is 0 Å². The molecule has 1 aromatic carbocycles. The lowest BCUT2D eigenvalue weighted by molar-refractivity contribution is 0.199. The molecular weight excluding hydrogens is 277 g/mol. The van der Waals surface area contributed by atoms with Crippen LogP contribution >= 0.6 is 11.3 Å². The molecule has 2 rings (SSSR count). The summed E-state index contributed by atoms with van der Waals surface area (Å²) in [4.78, 5) is 0. The first-order valence-electron chi connectivity index (χ1n) is 6.49. The van der Waals surface area contributed by atoms with Crippen molar-refractivity contribution in [2.45, 2.75) is 13.3 Å². The standard InChI is InChI=1S/C14H18FN3OS/c1-10-3-4-12(15)11(9-10)14-18-17-13(20-14)5-6-16-7-8-19-2/h3-4,9,16H,5-8H2,1-2H3. The van der Waals surface area contributed by atoms with Gasteiger partial charge in [0.05, 0.1) is 6.61 Å². The summed E-state index contributed by atoms with van der Waals surface area (Å²) in [5, 5.41) is 13.0. The lowest BCUT2D eigenvalue weighted by Crippen LogP contribution is -2.21. The number of nitrogens with one attached hydrogen (secondary N) is 1.